The first kappa shape index (κ1) is 9.56. The number of hydrogen-bond acceptors (Lipinski definition) is 1. The summed E-state index contributed by atoms with van der Waals surface area (Å²) in [6.07, 6.45) is 1.95. The van der Waals surface area contributed by atoms with E-state index >= 15 is 0 Å². The van der Waals surface area contributed by atoms with Crippen LogP contribution in [0, 0.1) is 0 Å². The fourth-order valence-corrected chi connectivity index (χ4v) is 1.19. The minimum atomic E-state index is 0.270. The van der Waals surface area contributed by atoms with Crippen LogP contribution in [0.5, 0.6) is 0 Å². The Morgan fingerprint density at radius 1 is 1.33 bits per heavy atom. The maximum atomic E-state index is 5.81. The smallest absolute Gasteiger partial charge is 0.0406 e. The molecule has 0 unspecified atom stereocenters. The number of halogens is 1. The maximum absolute atomic E-state index is 5.81. The summed E-state index contributed by atoms with van der Waals surface area (Å²) in [6, 6.07) is 8.13. The first-order valence-corrected chi connectivity index (χ1v) is 4.60. The molecule has 0 heterocycles. The van der Waals surface area contributed by atoms with Crippen molar-refractivity contribution < 1.29 is 0 Å². The van der Waals surface area contributed by atoms with Crippen LogP contribution in [0.25, 0.3) is 0 Å². The second kappa shape index (κ2) is 4.48. The molecule has 0 fully saturated rings. The minimum Gasteiger partial charge on any atom is -0.327 e. The standard InChI is InChI=1S/C10H14ClN/c1-2-10(12)7-8-3-5-9(11)6-4-8/h3-6,10H,2,7,12H2,1H3/t10-/m1/s1. The van der Waals surface area contributed by atoms with Gasteiger partial charge in [0, 0.05) is 11.1 Å². The molecule has 0 aromatic heterocycles. The van der Waals surface area contributed by atoms with Gasteiger partial charge < -0.3 is 5.73 Å². The van der Waals surface area contributed by atoms with Gasteiger partial charge in [0.25, 0.3) is 0 Å². The van der Waals surface area contributed by atoms with Gasteiger partial charge in [0.15, 0.2) is 0 Å². The van der Waals surface area contributed by atoms with E-state index in [1.807, 2.05) is 24.3 Å². The van der Waals surface area contributed by atoms with Crippen molar-refractivity contribution in [2.45, 2.75) is 25.8 Å². The predicted octanol–water partition coefficient (Wildman–Crippen LogP) is 2.62. The van der Waals surface area contributed by atoms with E-state index in [2.05, 4.69) is 6.92 Å². The van der Waals surface area contributed by atoms with Gasteiger partial charge in [0.05, 0.1) is 0 Å². The van der Waals surface area contributed by atoms with Gasteiger partial charge >= 0.3 is 0 Å². The number of hydrogen-bond donors (Lipinski definition) is 1. The predicted molar refractivity (Wildman–Crippen MR) is 53.4 cm³/mol. The average Bonchev–Trinajstić information content (AvgIpc) is 2.09. The van der Waals surface area contributed by atoms with Gasteiger partial charge in [-0.25, -0.2) is 0 Å². The number of nitrogens with two attached hydrogens (primary N) is 1. The molecule has 2 heteroatoms. The lowest BCUT2D eigenvalue weighted by atomic mass is 10.1. The quantitative estimate of drug-likeness (QED) is 0.766. The third-order valence-electron chi connectivity index (χ3n) is 1.94. The molecule has 66 valence electrons. The summed E-state index contributed by atoms with van der Waals surface area (Å²) < 4.78 is 0. The number of benzene rings is 1. The van der Waals surface area contributed by atoms with E-state index in [1.165, 1.54) is 5.56 Å². The van der Waals surface area contributed by atoms with Gasteiger partial charge in [-0.05, 0) is 30.5 Å². The monoisotopic (exact) mass is 183 g/mol. The van der Waals surface area contributed by atoms with E-state index < -0.39 is 0 Å². The lowest BCUT2D eigenvalue weighted by Gasteiger charge is -2.07. The van der Waals surface area contributed by atoms with E-state index in [9.17, 15) is 0 Å². The molecule has 0 aliphatic rings. The second-order valence-corrected chi connectivity index (χ2v) is 3.44. The molecule has 1 aromatic rings. The fraction of sp³-hybridized carbons (Fsp3) is 0.400. The normalized spacial score (nSPS) is 12.9. The van der Waals surface area contributed by atoms with Crippen molar-refractivity contribution >= 4 is 11.6 Å². The van der Waals surface area contributed by atoms with Gasteiger partial charge in [0.2, 0.25) is 0 Å². The SMILES string of the molecule is CC[C@@H](N)Cc1ccc(Cl)cc1. The minimum absolute atomic E-state index is 0.270. The second-order valence-electron chi connectivity index (χ2n) is 3.00. The summed E-state index contributed by atoms with van der Waals surface area (Å²) >= 11 is 5.75. The molecule has 0 bridgehead atoms. The van der Waals surface area contributed by atoms with Crippen LogP contribution in [0.4, 0.5) is 0 Å². The Balaban J connectivity index is 2.58. The van der Waals surface area contributed by atoms with E-state index in [0.717, 1.165) is 17.9 Å². The largest absolute Gasteiger partial charge is 0.327 e. The van der Waals surface area contributed by atoms with Crippen molar-refractivity contribution in [1.82, 2.24) is 0 Å². The van der Waals surface area contributed by atoms with Crippen LogP contribution >= 0.6 is 11.6 Å². The summed E-state index contributed by atoms with van der Waals surface area (Å²) in [6.45, 7) is 2.10. The molecule has 0 saturated heterocycles. The Labute approximate surface area is 78.5 Å². The first-order valence-electron chi connectivity index (χ1n) is 4.22. The third-order valence-corrected chi connectivity index (χ3v) is 2.19. The Kier molecular flexibility index (Phi) is 3.57. The van der Waals surface area contributed by atoms with Crippen molar-refractivity contribution in [3.63, 3.8) is 0 Å². The van der Waals surface area contributed by atoms with E-state index in [4.69, 9.17) is 17.3 Å². The van der Waals surface area contributed by atoms with Gasteiger partial charge in [-0.2, -0.15) is 0 Å². The fourth-order valence-electron chi connectivity index (χ4n) is 1.07. The highest BCUT2D eigenvalue weighted by atomic mass is 35.5. The zero-order valence-electron chi connectivity index (χ0n) is 7.26. The molecule has 0 aliphatic heterocycles. The highest BCUT2D eigenvalue weighted by Crippen LogP contribution is 2.11. The molecule has 2 N–H and O–H groups in total. The molecule has 12 heavy (non-hydrogen) atoms. The van der Waals surface area contributed by atoms with Gasteiger partial charge in [-0.15, -0.1) is 0 Å². The molecule has 1 aromatic carbocycles. The first-order chi connectivity index (χ1) is 5.72. The van der Waals surface area contributed by atoms with Crippen molar-refractivity contribution in [3.05, 3.63) is 34.9 Å². The maximum Gasteiger partial charge on any atom is 0.0406 e. The van der Waals surface area contributed by atoms with Crippen LogP contribution in [0.1, 0.15) is 18.9 Å². The molecule has 1 nitrogen and oxygen atoms in total. The molecule has 0 spiro atoms. The highest BCUT2D eigenvalue weighted by molar-refractivity contribution is 6.30. The van der Waals surface area contributed by atoms with E-state index in [1.54, 1.807) is 0 Å². The van der Waals surface area contributed by atoms with Crippen LogP contribution in [0.15, 0.2) is 24.3 Å². The molecular formula is C10H14ClN. The Morgan fingerprint density at radius 2 is 1.92 bits per heavy atom. The average molecular weight is 184 g/mol. The van der Waals surface area contributed by atoms with Gasteiger partial charge in [0.1, 0.15) is 0 Å². The Morgan fingerprint density at radius 3 is 2.42 bits per heavy atom. The molecule has 1 atom stereocenters. The molecule has 0 amide bonds. The Hall–Kier alpha value is -0.530. The molecule has 0 radical (unpaired) electrons. The summed E-state index contributed by atoms with van der Waals surface area (Å²) in [5.74, 6) is 0. The molecular weight excluding hydrogens is 170 g/mol. The highest BCUT2D eigenvalue weighted by Gasteiger charge is 2.00. The lowest BCUT2D eigenvalue weighted by molar-refractivity contribution is 0.646. The number of rotatable bonds is 3. The summed E-state index contributed by atoms with van der Waals surface area (Å²) in [4.78, 5) is 0. The topological polar surface area (TPSA) is 26.0 Å². The molecule has 0 saturated carbocycles. The van der Waals surface area contributed by atoms with E-state index in [0.29, 0.717) is 0 Å². The van der Waals surface area contributed by atoms with Crippen LogP contribution in [-0.4, -0.2) is 6.04 Å². The zero-order valence-corrected chi connectivity index (χ0v) is 8.01. The zero-order chi connectivity index (χ0) is 8.97. The van der Waals surface area contributed by atoms with E-state index in [-0.39, 0.29) is 6.04 Å². The van der Waals surface area contributed by atoms with Gasteiger partial charge in [-0.1, -0.05) is 30.7 Å². The Bertz CT molecular complexity index is 230. The van der Waals surface area contributed by atoms with Crippen molar-refractivity contribution in [2.24, 2.45) is 5.73 Å². The summed E-state index contributed by atoms with van der Waals surface area (Å²) in [5.41, 5.74) is 7.07. The van der Waals surface area contributed by atoms with Crippen molar-refractivity contribution in [2.75, 3.05) is 0 Å². The molecule has 1 rings (SSSR count). The summed E-state index contributed by atoms with van der Waals surface area (Å²) in [5, 5.41) is 0.781. The van der Waals surface area contributed by atoms with Crippen LogP contribution in [0.2, 0.25) is 5.02 Å². The van der Waals surface area contributed by atoms with Gasteiger partial charge in [-0.3, -0.25) is 0 Å². The summed E-state index contributed by atoms with van der Waals surface area (Å²) in [7, 11) is 0. The van der Waals surface area contributed by atoms with Crippen LogP contribution < -0.4 is 5.73 Å². The van der Waals surface area contributed by atoms with Crippen LogP contribution in [-0.2, 0) is 6.42 Å². The van der Waals surface area contributed by atoms with Crippen molar-refractivity contribution in [1.29, 1.82) is 0 Å². The third kappa shape index (κ3) is 2.84. The molecule has 0 aliphatic carbocycles. The lowest BCUT2D eigenvalue weighted by Crippen LogP contribution is -2.21. The van der Waals surface area contributed by atoms with Crippen LogP contribution in [0.3, 0.4) is 0 Å². The van der Waals surface area contributed by atoms with Crippen molar-refractivity contribution in [3.8, 4) is 0 Å².